The van der Waals surface area contributed by atoms with E-state index in [1.165, 1.54) is 5.56 Å². The lowest BCUT2D eigenvalue weighted by Gasteiger charge is -2.46. The van der Waals surface area contributed by atoms with Crippen molar-refractivity contribution >= 4 is 28.0 Å². The molecule has 3 nitrogen and oxygen atoms in total. The van der Waals surface area contributed by atoms with Gasteiger partial charge in [0.15, 0.2) is 0 Å². The Morgan fingerprint density at radius 3 is 0.806 bits per heavy atom. The predicted octanol–water partition coefficient (Wildman–Crippen LogP) is 13.0. The van der Waals surface area contributed by atoms with Crippen LogP contribution in [0.3, 0.4) is 0 Å². The molecule has 0 spiro atoms. The number of hydrogen-bond donors (Lipinski definition) is 0. The number of halogens is 24. The lowest BCUT2D eigenvalue weighted by atomic mass is 9.12. The van der Waals surface area contributed by atoms with Gasteiger partial charge in [0.2, 0.25) is 18.1 Å². The van der Waals surface area contributed by atoms with E-state index in [0.29, 0.717) is 0 Å². The van der Waals surface area contributed by atoms with Crippen LogP contribution in [-0.2, 0) is 49.4 Å². The molecule has 0 saturated heterocycles. The van der Waals surface area contributed by atoms with Crippen molar-refractivity contribution in [3.05, 3.63) is 171 Å². The number of nitrogens with zero attached hydrogens (tertiary/aromatic N) is 2. The van der Waals surface area contributed by atoms with Crippen molar-refractivity contribution in [2.75, 3.05) is 0 Å². The molecule has 0 atom stereocenters. The van der Waals surface area contributed by atoms with Gasteiger partial charge in [-0.2, -0.15) is 127 Å². The molecule has 0 N–H and O–H groups in total. The summed E-state index contributed by atoms with van der Waals surface area (Å²) in [5.41, 5.74) is -27.9. The van der Waals surface area contributed by atoms with Crippen molar-refractivity contribution in [2.45, 2.75) is 63.3 Å². The zero-order valence-electron chi connectivity index (χ0n) is 35.4. The molecular formula is C44H25BF24N2O. The summed E-state index contributed by atoms with van der Waals surface area (Å²) in [5, 5.41) is 0. The van der Waals surface area contributed by atoms with Crippen LogP contribution in [0.25, 0.3) is 0 Å². The predicted molar refractivity (Wildman–Crippen MR) is 206 cm³/mol. The van der Waals surface area contributed by atoms with Gasteiger partial charge in [0.25, 0.3) is 0 Å². The monoisotopic (exact) mass is 1060 g/mol. The standard InChI is InChI=1S/C32H12BF24.C12H13N2O/c34-25(35,36)13-1-14(26(37,38)39)6-21(5-13)33(22-7-15(27(40,41)42)2-16(8-22)28(43,44)45,23-9-17(29(46,47)48)3-18(10-23)30(49,50)51)24-11-19(31(52,53)54)4-20(12-24)32(55,56)57;1-10-3-4-11(2)12(9-10)15-14-7-5-13-6-8-14/h1-12H;3-9H,1-2H3/q-1;+1. The first-order valence-electron chi connectivity index (χ1n) is 19.4. The topological polar surface area (TPSA) is 26.0 Å². The second kappa shape index (κ2) is 19.1. The van der Waals surface area contributed by atoms with Gasteiger partial charge >= 0.3 is 49.4 Å². The van der Waals surface area contributed by atoms with Gasteiger partial charge in [-0.05, 0) is 55.3 Å². The Morgan fingerprint density at radius 2 is 0.583 bits per heavy atom. The summed E-state index contributed by atoms with van der Waals surface area (Å²) in [6.45, 7) is 4.07. The summed E-state index contributed by atoms with van der Waals surface area (Å²) in [7, 11) is 0. The van der Waals surface area contributed by atoms with Crippen LogP contribution in [0.5, 0.6) is 5.75 Å². The summed E-state index contributed by atoms with van der Waals surface area (Å²) < 4.78 is 342. The highest BCUT2D eigenvalue weighted by Gasteiger charge is 2.47. The van der Waals surface area contributed by atoms with E-state index in [-0.39, 0.29) is 0 Å². The Kier molecular flexibility index (Phi) is 14.9. The van der Waals surface area contributed by atoms with Crippen LogP contribution in [-0.4, -0.2) is 11.1 Å². The average molecular weight is 1060 g/mol. The Labute approximate surface area is 388 Å². The molecule has 1 heterocycles. The van der Waals surface area contributed by atoms with Gasteiger partial charge in [0, 0.05) is 4.73 Å². The van der Waals surface area contributed by atoms with Crippen molar-refractivity contribution in [1.82, 2.24) is 4.98 Å². The fourth-order valence-electron chi connectivity index (χ4n) is 7.36. The summed E-state index contributed by atoms with van der Waals surface area (Å²) in [6.07, 6.45) is -47.9. The maximum absolute atomic E-state index is 14.2. The van der Waals surface area contributed by atoms with Crippen molar-refractivity contribution in [1.29, 1.82) is 0 Å². The highest BCUT2D eigenvalue weighted by Crippen LogP contribution is 2.41. The fraction of sp³-hybridized carbons (Fsp3) is 0.227. The highest BCUT2D eigenvalue weighted by atomic mass is 19.4. The third-order valence-corrected chi connectivity index (χ3v) is 10.6. The van der Waals surface area contributed by atoms with E-state index >= 15 is 0 Å². The van der Waals surface area contributed by atoms with E-state index in [2.05, 4.69) is 11.1 Å². The normalized spacial score (nSPS) is 13.4. The number of rotatable bonds is 6. The van der Waals surface area contributed by atoms with Crippen LogP contribution in [0.2, 0.25) is 0 Å². The van der Waals surface area contributed by atoms with Crippen LogP contribution in [0.15, 0.2) is 116 Å². The molecule has 72 heavy (non-hydrogen) atoms. The second-order valence-electron chi connectivity index (χ2n) is 15.7. The Morgan fingerprint density at radius 1 is 0.347 bits per heavy atom. The zero-order chi connectivity index (χ0) is 54.6. The minimum Gasteiger partial charge on any atom is -0.252 e. The molecule has 28 heteroatoms. The molecule has 0 aliphatic carbocycles. The number of aryl methyl sites for hydroxylation is 2. The highest BCUT2D eigenvalue weighted by molar-refractivity contribution is 7.20. The molecular weight excluding hydrogens is 1040 g/mol. The summed E-state index contributed by atoms with van der Waals surface area (Å²) >= 11 is 0. The van der Waals surface area contributed by atoms with E-state index in [1.54, 1.807) is 29.5 Å². The summed E-state index contributed by atoms with van der Waals surface area (Å²) in [4.78, 5) is 9.59. The molecule has 0 aliphatic heterocycles. The molecule has 0 unspecified atom stereocenters. The Bertz CT molecular complexity index is 2470. The zero-order valence-corrected chi connectivity index (χ0v) is 35.4. The molecule has 6 rings (SSSR count). The second-order valence-corrected chi connectivity index (χ2v) is 15.7. The molecule has 6 aromatic rings. The molecule has 0 aliphatic rings. The summed E-state index contributed by atoms with van der Waals surface area (Å²) in [5.74, 6) is 0.867. The van der Waals surface area contributed by atoms with Crippen molar-refractivity contribution < 1.29 is 115 Å². The lowest BCUT2D eigenvalue weighted by molar-refractivity contribution is -0.875. The molecule has 0 amide bonds. The van der Waals surface area contributed by atoms with Gasteiger partial charge in [-0.25, -0.2) is 4.84 Å². The van der Waals surface area contributed by atoms with Crippen molar-refractivity contribution in [2.24, 2.45) is 0 Å². The van der Waals surface area contributed by atoms with Crippen LogP contribution < -0.4 is 31.4 Å². The van der Waals surface area contributed by atoms with Crippen molar-refractivity contribution in [3.63, 3.8) is 0 Å². The van der Waals surface area contributed by atoms with Crippen LogP contribution in [0.4, 0.5) is 105 Å². The number of aromatic nitrogens is 2. The van der Waals surface area contributed by atoms with E-state index in [9.17, 15) is 105 Å². The third-order valence-electron chi connectivity index (χ3n) is 10.6. The van der Waals surface area contributed by atoms with Gasteiger partial charge in [0.05, 0.1) is 56.9 Å². The summed E-state index contributed by atoms with van der Waals surface area (Å²) in [6, 6.07) is -2.68. The van der Waals surface area contributed by atoms with Crippen LogP contribution in [0.1, 0.15) is 55.6 Å². The minimum atomic E-state index is -6.13. The average Bonchev–Trinajstić information content (AvgIpc) is 3.23. The Hall–Kier alpha value is -6.64. The van der Waals surface area contributed by atoms with Gasteiger partial charge < -0.3 is 0 Å². The first kappa shape index (κ1) is 56.3. The number of benzene rings is 5. The lowest BCUT2D eigenvalue weighted by Crippen LogP contribution is -2.75. The fourth-order valence-corrected chi connectivity index (χ4v) is 7.36. The first-order chi connectivity index (χ1) is 32.5. The maximum Gasteiger partial charge on any atom is 0.416 e. The molecule has 0 saturated carbocycles. The molecule has 0 radical (unpaired) electrons. The largest absolute Gasteiger partial charge is 0.416 e. The van der Waals surface area contributed by atoms with E-state index in [1.807, 2.05) is 26.0 Å². The molecule has 0 fully saturated rings. The van der Waals surface area contributed by atoms with E-state index < -0.39 is 195 Å². The third kappa shape index (κ3) is 12.9. The van der Waals surface area contributed by atoms with E-state index in [4.69, 9.17) is 4.84 Å². The van der Waals surface area contributed by atoms with Crippen molar-refractivity contribution in [3.8, 4) is 5.75 Å². The molecule has 0 bridgehead atoms. The quantitative estimate of drug-likeness (QED) is 0.0944. The van der Waals surface area contributed by atoms with Gasteiger partial charge in [-0.3, -0.25) is 4.98 Å². The van der Waals surface area contributed by atoms with Crippen LogP contribution >= 0.6 is 0 Å². The first-order valence-corrected chi connectivity index (χ1v) is 19.4. The maximum atomic E-state index is 14.2. The van der Waals surface area contributed by atoms with Gasteiger partial charge in [0.1, 0.15) is 6.15 Å². The van der Waals surface area contributed by atoms with E-state index in [0.717, 1.165) is 11.3 Å². The SMILES string of the molecule is Cc1ccc(C)c(O[n+]2ccncc2)c1.FC(F)(F)c1cc([B-](c2cc(C(F)(F)F)cc(C(F)(F)F)c2)(c2cc(C(F)(F)F)cc(C(F)(F)F)c2)c2cc(C(F)(F)F)cc(C(F)(F)F)c2)cc(C(F)(F)F)c1. The molecule has 388 valence electrons. The number of hydrogen-bond acceptors (Lipinski definition) is 2. The number of alkyl halides is 24. The van der Waals surface area contributed by atoms with Gasteiger partial charge in [-0.1, -0.05) is 60.7 Å². The molecule has 5 aromatic carbocycles. The smallest absolute Gasteiger partial charge is 0.252 e. The van der Waals surface area contributed by atoms with Gasteiger partial charge in [-0.15, -0.1) is 0 Å². The van der Waals surface area contributed by atoms with Crippen LogP contribution in [0, 0.1) is 13.8 Å². The minimum absolute atomic E-state index is 0.691. The molecule has 1 aromatic heterocycles. The Balaban J connectivity index is 0.000000542.